The molecule has 3 heterocycles. The first-order chi connectivity index (χ1) is 20.6. The summed E-state index contributed by atoms with van der Waals surface area (Å²) in [6.07, 6.45) is 5.17. The molecule has 4 N–H and O–H groups in total. The van der Waals surface area contributed by atoms with Gasteiger partial charge in [-0.25, -0.2) is 0 Å². The highest BCUT2D eigenvalue weighted by molar-refractivity contribution is 6.00. The van der Waals surface area contributed by atoms with E-state index in [9.17, 15) is 24.0 Å². The maximum atomic E-state index is 13.8. The molecule has 1 aromatic rings. The van der Waals surface area contributed by atoms with Crippen LogP contribution >= 0.6 is 0 Å². The highest BCUT2D eigenvalue weighted by Crippen LogP contribution is 2.33. The van der Waals surface area contributed by atoms with E-state index < -0.39 is 35.5 Å². The average molecular weight is 598 g/mol. The Morgan fingerprint density at radius 2 is 1.74 bits per heavy atom. The SMILES string of the molecule is CC(NC(=O)CN1CCOCC1)C(=O)NC(Cc1ccc2c(c1)CC(=O)N2)C(=O)NC(CC1CCCC1)C(=O)C1(C)CO1. The van der Waals surface area contributed by atoms with Crippen molar-refractivity contribution in [3.05, 3.63) is 29.3 Å². The number of ketones is 1. The van der Waals surface area contributed by atoms with Crippen LogP contribution in [0.4, 0.5) is 5.69 Å². The molecule has 3 aliphatic heterocycles. The summed E-state index contributed by atoms with van der Waals surface area (Å²) in [5.74, 6) is -1.18. The van der Waals surface area contributed by atoms with Gasteiger partial charge >= 0.3 is 0 Å². The molecule has 1 aromatic carbocycles. The summed E-state index contributed by atoms with van der Waals surface area (Å²) in [5, 5.41) is 11.3. The quantitative estimate of drug-likeness (QED) is 0.239. The Kier molecular flexibility index (Phi) is 9.78. The normalized spacial score (nSPS) is 23.9. The largest absolute Gasteiger partial charge is 0.379 e. The predicted octanol–water partition coefficient (Wildman–Crippen LogP) is 0.469. The third-order valence-electron chi connectivity index (χ3n) is 8.88. The molecular formula is C31H43N5O7. The molecule has 1 aliphatic carbocycles. The molecule has 4 atom stereocenters. The van der Waals surface area contributed by atoms with Crippen LogP contribution in [0.25, 0.3) is 0 Å². The van der Waals surface area contributed by atoms with Gasteiger partial charge in [0.1, 0.15) is 17.7 Å². The third kappa shape index (κ3) is 8.18. The van der Waals surface area contributed by atoms with Gasteiger partial charge in [-0.3, -0.25) is 28.9 Å². The van der Waals surface area contributed by atoms with E-state index in [-0.39, 0.29) is 37.0 Å². The number of carbonyl (C=O) groups excluding carboxylic acids is 5. The number of carbonyl (C=O) groups is 5. The standard InChI is InChI=1S/C31H43N5O7/c1-19(32-27(38)17-36-9-11-42-12-10-36)29(40)35-25(15-21-7-8-23-22(13-21)16-26(37)33-23)30(41)34-24(14-20-5-3-4-6-20)28(39)31(2)18-43-31/h7-8,13,19-20,24-25H,3-6,9-12,14-18H2,1-2H3,(H,32,38)(H,33,37)(H,34,41)(H,35,40). The number of Topliss-reactive ketones (excluding diaryl/α,β-unsaturated/α-hetero) is 1. The number of hydrogen-bond acceptors (Lipinski definition) is 8. The van der Waals surface area contributed by atoms with Gasteiger partial charge in [-0.15, -0.1) is 0 Å². The van der Waals surface area contributed by atoms with Crippen LogP contribution < -0.4 is 21.3 Å². The lowest BCUT2D eigenvalue weighted by atomic mass is 9.90. The summed E-state index contributed by atoms with van der Waals surface area (Å²) in [6.45, 7) is 6.19. The fraction of sp³-hybridized carbons (Fsp3) is 0.645. The Hall–Kier alpha value is -3.35. The fourth-order valence-electron chi connectivity index (χ4n) is 6.17. The van der Waals surface area contributed by atoms with Crippen molar-refractivity contribution in [2.24, 2.45) is 5.92 Å². The number of nitrogens with zero attached hydrogens (tertiary/aromatic N) is 1. The molecule has 3 fully saturated rings. The minimum atomic E-state index is -1.01. The molecule has 2 saturated heterocycles. The van der Waals surface area contributed by atoms with Crippen molar-refractivity contribution >= 4 is 35.1 Å². The van der Waals surface area contributed by atoms with Crippen molar-refractivity contribution in [2.45, 2.75) is 82.5 Å². The molecule has 43 heavy (non-hydrogen) atoms. The molecule has 5 rings (SSSR count). The van der Waals surface area contributed by atoms with Crippen molar-refractivity contribution in [1.82, 2.24) is 20.9 Å². The first-order valence-corrected chi connectivity index (χ1v) is 15.4. The van der Waals surface area contributed by atoms with E-state index in [2.05, 4.69) is 21.3 Å². The van der Waals surface area contributed by atoms with Gasteiger partial charge in [-0.05, 0) is 43.4 Å². The molecule has 0 radical (unpaired) electrons. The summed E-state index contributed by atoms with van der Waals surface area (Å²) in [5.41, 5.74) is 1.42. The Balaban J connectivity index is 1.28. The smallest absolute Gasteiger partial charge is 0.243 e. The van der Waals surface area contributed by atoms with E-state index in [1.54, 1.807) is 19.9 Å². The maximum absolute atomic E-state index is 13.8. The number of anilines is 1. The monoisotopic (exact) mass is 597 g/mol. The Labute approximate surface area is 252 Å². The van der Waals surface area contributed by atoms with Crippen LogP contribution in [0.1, 0.15) is 57.1 Å². The minimum Gasteiger partial charge on any atom is -0.379 e. The summed E-state index contributed by atoms with van der Waals surface area (Å²) in [6, 6.07) is 2.83. The summed E-state index contributed by atoms with van der Waals surface area (Å²) < 4.78 is 10.7. The van der Waals surface area contributed by atoms with E-state index in [1.165, 1.54) is 0 Å². The van der Waals surface area contributed by atoms with Gasteiger partial charge in [0, 0.05) is 25.2 Å². The third-order valence-corrected chi connectivity index (χ3v) is 8.88. The molecule has 0 bridgehead atoms. The zero-order valence-electron chi connectivity index (χ0n) is 25.0. The summed E-state index contributed by atoms with van der Waals surface area (Å²) in [7, 11) is 0. The number of fused-ring (bicyclic) bond motifs is 1. The number of amides is 4. The molecule has 12 nitrogen and oxygen atoms in total. The lowest BCUT2D eigenvalue weighted by Gasteiger charge is -2.27. The molecule has 234 valence electrons. The number of epoxide rings is 1. The zero-order chi connectivity index (χ0) is 30.6. The molecular weight excluding hydrogens is 554 g/mol. The summed E-state index contributed by atoms with van der Waals surface area (Å²) in [4.78, 5) is 66.9. The average Bonchev–Trinajstić information content (AvgIpc) is 3.34. The number of hydrogen-bond donors (Lipinski definition) is 4. The van der Waals surface area contributed by atoms with Crippen molar-refractivity contribution in [3.63, 3.8) is 0 Å². The molecule has 4 aliphatic rings. The number of morpholine rings is 1. The predicted molar refractivity (Wildman–Crippen MR) is 157 cm³/mol. The van der Waals surface area contributed by atoms with Crippen molar-refractivity contribution in [3.8, 4) is 0 Å². The van der Waals surface area contributed by atoms with E-state index in [1.807, 2.05) is 17.0 Å². The first-order valence-electron chi connectivity index (χ1n) is 15.4. The van der Waals surface area contributed by atoms with Crippen LogP contribution in [0.3, 0.4) is 0 Å². The Bertz CT molecular complexity index is 1240. The van der Waals surface area contributed by atoms with Gasteiger partial charge in [0.25, 0.3) is 0 Å². The van der Waals surface area contributed by atoms with Crippen LogP contribution in [-0.2, 0) is 46.3 Å². The van der Waals surface area contributed by atoms with Crippen molar-refractivity contribution < 1.29 is 33.4 Å². The van der Waals surface area contributed by atoms with Gasteiger partial charge < -0.3 is 30.7 Å². The molecule has 0 spiro atoms. The number of rotatable bonds is 13. The van der Waals surface area contributed by atoms with E-state index in [0.717, 1.165) is 42.5 Å². The molecule has 4 amide bonds. The Morgan fingerprint density at radius 1 is 1.05 bits per heavy atom. The topological polar surface area (TPSA) is 158 Å². The van der Waals surface area contributed by atoms with Crippen molar-refractivity contribution in [1.29, 1.82) is 0 Å². The first kappa shape index (κ1) is 31.1. The molecule has 1 saturated carbocycles. The van der Waals surface area contributed by atoms with Gasteiger partial charge in [0.15, 0.2) is 5.78 Å². The van der Waals surface area contributed by atoms with Crippen LogP contribution in [0.15, 0.2) is 18.2 Å². The number of benzene rings is 1. The highest BCUT2D eigenvalue weighted by Gasteiger charge is 2.50. The van der Waals surface area contributed by atoms with Crippen LogP contribution in [0.2, 0.25) is 0 Å². The summed E-state index contributed by atoms with van der Waals surface area (Å²) >= 11 is 0. The lowest BCUT2D eigenvalue weighted by Crippen LogP contribution is -2.57. The second kappa shape index (κ2) is 13.5. The molecule has 0 aromatic heterocycles. The second-order valence-electron chi connectivity index (χ2n) is 12.5. The van der Waals surface area contributed by atoms with Gasteiger partial charge in [0.2, 0.25) is 23.6 Å². The molecule has 4 unspecified atom stereocenters. The zero-order valence-corrected chi connectivity index (χ0v) is 25.0. The molecule has 12 heteroatoms. The second-order valence-corrected chi connectivity index (χ2v) is 12.5. The van der Waals surface area contributed by atoms with Crippen molar-refractivity contribution in [2.75, 3.05) is 44.8 Å². The highest BCUT2D eigenvalue weighted by atomic mass is 16.6. The Morgan fingerprint density at radius 3 is 2.44 bits per heavy atom. The van der Waals surface area contributed by atoms with Gasteiger partial charge in [0.05, 0.1) is 38.8 Å². The fourth-order valence-corrected chi connectivity index (χ4v) is 6.17. The van der Waals surface area contributed by atoms with Crippen LogP contribution in [-0.4, -0.2) is 97.5 Å². The van der Waals surface area contributed by atoms with Crippen LogP contribution in [0, 0.1) is 5.92 Å². The van der Waals surface area contributed by atoms with Crippen LogP contribution in [0.5, 0.6) is 0 Å². The van der Waals surface area contributed by atoms with Gasteiger partial charge in [-0.2, -0.15) is 0 Å². The maximum Gasteiger partial charge on any atom is 0.243 e. The van der Waals surface area contributed by atoms with E-state index >= 15 is 0 Å². The minimum absolute atomic E-state index is 0.0968. The van der Waals surface area contributed by atoms with E-state index in [4.69, 9.17) is 9.47 Å². The lowest BCUT2D eigenvalue weighted by molar-refractivity contribution is -0.134. The number of ether oxygens (including phenoxy) is 2. The number of nitrogens with one attached hydrogen (secondary N) is 4. The van der Waals surface area contributed by atoms with E-state index in [0.29, 0.717) is 45.2 Å². The van der Waals surface area contributed by atoms with Gasteiger partial charge in [-0.1, -0.05) is 37.8 Å².